The first-order valence-corrected chi connectivity index (χ1v) is 12.4. The highest BCUT2D eigenvalue weighted by molar-refractivity contribution is 7.88. The van der Waals surface area contributed by atoms with E-state index >= 15 is 0 Å². The lowest BCUT2D eigenvalue weighted by Crippen LogP contribution is -2.47. The molecule has 2 aliphatic heterocycles. The molecule has 2 aromatic carbocycles. The van der Waals surface area contributed by atoms with Crippen molar-refractivity contribution in [2.24, 2.45) is 0 Å². The van der Waals surface area contributed by atoms with Gasteiger partial charge in [-0.15, -0.1) is 0 Å². The Bertz CT molecular complexity index is 1060. The minimum Gasteiger partial charge on any atom is -0.486 e. The van der Waals surface area contributed by atoms with Crippen molar-refractivity contribution in [1.29, 1.82) is 0 Å². The van der Waals surface area contributed by atoms with Crippen LogP contribution in [-0.4, -0.2) is 70.0 Å². The first-order valence-electron chi connectivity index (χ1n) is 10.8. The zero-order valence-electron chi connectivity index (χ0n) is 18.4. The molecule has 1 N–H and O–H groups in total. The Labute approximate surface area is 189 Å². The molecule has 1 atom stereocenters. The molecule has 0 spiro atoms. The molecule has 172 valence electrons. The van der Waals surface area contributed by atoms with Crippen molar-refractivity contribution in [3.8, 4) is 11.5 Å². The van der Waals surface area contributed by atoms with Crippen molar-refractivity contribution in [3.05, 3.63) is 59.2 Å². The van der Waals surface area contributed by atoms with Crippen LogP contribution in [0.2, 0.25) is 0 Å². The average Bonchev–Trinajstić information content (AvgIpc) is 2.79. The van der Waals surface area contributed by atoms with Gasteiger partial charge in [-0.25, -0.2) is 8.42 Å². The first kappa shape index (κ1) is 22.6. The largest absolute Gasteiger partial charge is 0.486 e. The predicted octanol–water partition coefficient (Wildman–Crippen LogP) is 2.03. The Balaban J connectivity index is 1.36. The van der Waals surface area contributed by atoms with Crippen LogP contribution in [0.4, 0.5) is 0 Å². The molecule has 0 aromatic heterocycles. The summed E-state index contributed by atoms with van der Waals surface area (Å²) >= 11 is 0. The Morgan fingerprint density at radius 3 is 2.34 bits per heavy atom. The van der Waals surface area contributed by atoms with Crippen LogP contribution in [0.25, 0.3) is 0 Å². The standard InChI is InChI=1S/C23H29N3O5S/c1-17(20-7-8-21-22(15-20)31-14-13-30-21)24-23(27)19-5-3-18(4-6-19)16-32(28,29)26-11-9-25(2)10-12-26/h3-8,15,17H,9-14,16H2,1-2H3,(H,24,27)/t17-/m0/s1. The van der Waals surface area contributed by atoms with E-state index in [4.69, 9.17) is 9.47 Å². The number of hydrogen-bond acceptors (Lipinski definition) is 6. The highest BCUT2D eigenvalue weighted by Crippen LogP contribution is 2.32. The van der Waals surface area contributed by atoms with E-state index in [2.05, 4.69) is 10.2 Å². The molecule has 0 radical (unpaired) electrons. The van der Waals surface area contributed by atoms with Crippen molar-refractivity contribution < 1.29 is 22.7 Å². The number of rotatable bonds is 6. The lowest BCUT2D eigenvalue weighted by atomic mass is 10.1. The number of sulfonamides is 1. The maximum Gasteiger partial charge on any atom is 0.251 e. The number of benzene rings is 2. The quantitative estimate of drug-likeness (QED) is 0.711. The number of nitrogens with one attached hydrogen (secondary N) is 1. The number of carbonyl (C=O) groups excluding carboxylic acids is 1. The summed E-state index contributed by atoms with van der Waals surface area (Å²) < 4.78 is 38.1. The fraction of sp³-hybridized carbons (Fsp3) is 0.435. The zero-order chi connectivity index (χ0) is 22.7. The van der Waals surface area contributed by atoms with Crippen LogP contribution in [-0.2, 0) is 15.8 Å². The van der Waals surface area contributed by atoms with Crippen molar-refractivity contribution in [2.75, 3.05) is 46.4 Å². The number of piperazine rings is 1. The van der Waals surface area contributed by atoms with Gasteiger partial charge in [-0.05, 0) is 49.4 Å². The van der Waals surface area contributed by atoms with E-state index in [1.54, 1.807) is 28.6 Å². The smallest absolute Gasteiger partial charge is 0.251 e. The average molecular weight is 460 g/mol. The summed E-state index contributed by atoms with van der Waals surface area (Å²) in [5, 5.41) is 2.98. The third-order valence-corrected chi connectivity index (χ3v) is 7.68. The predicted molar refractivity (Wildman–Crippen MR) is 121 cm³/mol. The van der Waals surface area contributed by atoms with Crippen molar-refractivity contribution in [1.82, 2.24) is 14.5 Å². The summed E-state index contributed by atoms with van der Waals surface area (Å²) in [6.45, 7) is 5.44. The molecule has 1 saturated heterocycles. The van der Waals surface area contributed by atoms with Gasteiger partial charge in [0.1, 0.15) is 13.2 Å². The second-order valence-corrected chi connectivity index (χ2v) is 10.2. The number of hydrogen-bond donors (Lipinski definition) is 1. The summed E-state index contributed by atoms with van der Waals surface area (Å²) in [7, 11) is -1.38. The molecule has 8 nitrogen and oxygen atoms in total. The summed E-state index contributed by atoms with van der Waals surface area (Å²) in [6, 6.07) is 12.2. The minimum absolute atomic E-state index is 0.0633. The maximum atomic E-state index is 12.7. The number of nitrogens with zero attached hydrogens (tertiary/aromatic N) is 2. The second kappa shape index (κ2) is 9.48. The topological polar surface area (TPSA) is 88.2 Å². The van der Waals surface area contributed by atoms with Gasteiger partial charge in [0, 0.05) is 31.7 Å². The molecular weight excluding hydrogens is 430 g/mol. The fourth-order valence-electron chi connectivity index (χ4n) is 3.81. The monoisotopic (exact) mass is 459 g/mol. The number of fused-ring (bicyclic) bond motifs is 1. The highest BCUT2D eigenvalue weighted by Gasteiger charge is 2.26. The Kier molecular flexibility index (Phi) is 6.68. The number of amides is 1. The van der Waals surface area contributed by atoms with E-state index in [1.165, 1.54) is 0 Å². The first-order chi connectivity index (χ1) is 15.3. The summed E-state index contributed by atoms with van der Waals surface area (Å²) in [5.74, 6) is 1.11. The molecule has 1 fully saturated rings. The van der Waals surface area contributed by atoms with Gasteiger partial charge >= 0.3 is 0 Å². The van der Waals surface area contributed by atoms with Crippen LogP contribution >= 0.6 is 0 Å². The zero-order valence-corrected chi connectivity index (χ0v) is 19.2. The second-order valence-electron chi connectivity index (χ2n) is 8.25. The lowest BCUT2D eigenvalue weighted by molar-refractivity contribution is 0.0939. The fourth-order valence-corrected chi connectivity index (χ4v) is 5.33. The Hall–Kier alpha value is -2.62. The SMILES string of the molecule is C[C@H](NC(=O)c1ccc(CS(=O)(=O)N2CCN(C)CC2)cc1)c1ccc2c(c1)OCCO2. The van der Waals surface area contributed by atoms with Gasteiger partial charge in [0.05, 0.1) is 11.8 Å². The molecular formula is C23H29N3O5S. The van der Waals surface area contributed by atoms with E-state index in [-0.39, 0.29) is 17.7 Å². The van der Waals surface area contributed by atoms with E-state index in [0.717, 1.165) is 18.7 Å². The van der Waals surface area contributed by atoms with Crippen molar-refractivity contribution >= 4 is 15.9 Å². The maximum absolute atomic E-state index is 12.7. The van der Waals surface area contributed by atoms with Crippen LogP contribution in [0.1, 0.15) is 34.5 Å². The van der Waals surface area contributed by atoms with Crippen molar-refractivity contribution in [3.63, 3.8) is 0 Å². The molecule has 2 aromatic rings. The third kappa shape index (κ3) is 5.23. The van der Waals surface area contributed by atoms with Crippen LogP contribution < -0.4 is 14.8 Å². The summed E-state index contributed by atoms with van der Waals surface area (Å²) in [4.78, 5) is 14.8. The van der Waals surface area contributed by atoms with Crippen LogP contribution in [0.3, 0.4) is 0 Å². The van der Waals surface area contributed by atoms with Gasteiger partial charge in [-0.1, -0.05) is 18.2 Å². The molecule has 1 amide bonds. The van der Waals surface area contributed by atoms with Gasteiger partial charge in [-0.2, -0.15) is 4.31 Å². The van der Waals surface area contributed by atoms with Gasteiger partial charge in [0.15, 0.2) is 11.5 Å². The van der Waals surface area contributed by atoms with Crippen LogP contribution in [0.5, 0.6) is 11.5 Å². The summed E-state index contributed by atoms with van der Waals surface area (Å²) in [5.41, 5.74) is 2.06. The Morgan fingerprint density at radius 1 is 1.00 bits per heavy atom. The van der Waals surface area contributed by atoms with E-state index < -0.39 is 10.0 Å². The van der Waals surface area contributed by atoms with E-state index in [1.807, 2.05) is 32.2 Å². The van der Waals surface area contributed by atoms with Crippen LogP contribution in [0, 0.1) is 0 Å². The molecule has 32 heavy (non-hydrogen) atoms. The van der Waals surface area contributed by atoms with E-state index in [9.17, 15) is 13.2 Å². The molecule has 0 saturated carbocycles. The van der Waals surface area contributed by atoms with Gasteiger partial charge in [0.2, 0.25) is 10.0 Å². The molecule has 0 bridgehead atoms. The molecule has 2 heterocycles. The molecule has 2 aliphatic rings. The third-order valence-electron chi connectivity index (χ3n) is 5.83. The normalized spacial score (nSPS) is 18.2. The van der Waals surface area contributed by atoms with Gasteiger partial charge < -0.3 is 19.7 Å². The van der Waals surface area contributed by atoms with Gasteiger partial charge in [0.25, 0.3) is 5.91 Å². The number of ether oxygens (including phenoxy) is 2. The van der Waals surface area contributed by atoms with E-state index in [0.29, 0.717) is 48.9 Å². The molecule has 0 unspecified atom stereocenters. The molecule has 4 rings (SSSR count). The Morgan fingerprint density at radius 2 is 1.66 bits per heavy atom. The number of carbonyl (C=O) groups is 1. The lowest BCUT2D eigenvalue weighted by Gasteiger charge is -2.31. The molecule has 0 aliphatic carbocycles. The summed E-state index contributed by atoms with van der Waals surface area (Å²) in [6.07, 6.45) is 0. The molecule has 9 heteroatoms. The highest BCUT2D eigenvalue weighted by atomic mass is 32.2. The minimum atomic E-state index is -3.37. The van der Waals surface area contributed by atoms with Crippen LogP contribution in [0.15, 0.2) is 42.5 Å². The van der Waals surface area contributed by atoms with Gasteiger partial charge in [-0.3, -0.25) is 4.79 Å². The van der Waals surface area contributed by atoms with Crippen molar-refractivity contribution in [2.45, 2.75) is 18.7 Å². The number of likely N-dealkylation sites (N-methyl/N-ethyl adjacent to an activating group) is 1.